The zero-order valence-corrected chi connectivity index (χ0v) is 59.4. The lowest BCUT2D eigenvalue weighted by atomic mass is 9.84. The van der Waals surface area contributed by atoms with E-state index >= 15 is 0 Å². The first-order valence-electron chi connectivity index (χ1n) is 37.1. The van der Waals surface area contributed by atoms with Gasteiger partial charge in [-0.05, 0) is 178 Å². The Morgan fingerprint density at radius 1 is 0.167 bits per heavy atom. The largest absolute Gasteiger partial charge is 0.494 e. The van der Waals surface area contributed by atoms with Crippen molar-refractivity contribution in [3.63, 3.8) is 0 Å². The molecule has 0 radical (unpaired) electrons. The number of ether oxygens (including phenoxy) is 6. The quantitative estimate of drug-likeness (QED) is 0.0280. The van der Waals surface area contributed by atoms with Crippen LogP contribution in [0.1, 0.15) is 262 Å². The van der Waals surface area contributed by atoms with E-state index in [9.17, 15) is 0 Å². The highest BCUT2D eigenvalue weighted by molar-refractivity contribution is 5.99. The molecule has 0 amide bonds. The van der Waals surface area contributed by atoms with Gasteiger partial charge >= 0.3 is 0 Å². The van der Waals surface area contributed by atoms with Gasteiger partial charge in [0.05, 0.1) is 39.6 Å². The average molecular weight is 1290 g/mol. The Labute approximate surface area is 580 Å². The minimum atomic E-state index is 0.713. The molecule has 0 aliphatic carbocycles. The zero-order valence-electron chi connectivity index (χ0n) is 59.4. The fourth-order valence-corrected chi connectivity index (χ4v) is 11.4. The predicted octanol–water partition coefficient (Wildman–Crippen LogP) is 26.5. The van der Waals surface area contributed by atoms with Crippen LogP contribution in [0, 0.1) is 0 Å². The summed E-state index contributed by atoms with van der Waals surface area (Å²) >= 11 is 0. The van der Waals surface area contributed by atoms with Gasteiger partial charge in [0, 0.05) is 0 Å². The van der Waals surface area contributed by atoms with Crippen LogP contribution >= 0.6 is 0 Å². The molecule has 0 N–H and O–H groups in total. The molecule has 7 aromatic rings. The first kappa shape index (κ1) is 75.2. The lowest BCUT2D eigenvalue weighted by Gasteiger charge is -2.20. The van der Waals surface area contributed by atoms with E-state index in [-0.39, 0.29) is 0 Å². The SMILES string of the molecule is CCCCCCOc1ccc(/C=C/c2c(/C=C/c3ccc(OCCCCCC)cc3)c(/C=C/c3ccc(OCCCCCC)cc3)c(/C=C/c3ccc(OCCCCCC)cc3)c(/C=C/c3ccc(OCCCCCC)cc3)c2/C=C/c2ccc(OCCCCCC)cc2)cc1. The van der Waals surface area contributed by atoms with E-state index in [1.807, 2.05) is 0 Å². The van der Waals surface area contributed by atoms with Crippen LogP contribution in [-0.4, -0.2) is 39.6 Å². The Balaban J connectivity index is 1.47. The lowest BCUT2D eigenvalue weighted by Crippen LogP contribution is -2.01. The molecule has 0 unspecified atom stereocenters. The fraction of sp³-hybridized carbons (Fsp3) is 0.400. The van der Waals surface area contributed by atoms with Gasteiger partial charge in [-0.25, -0.2) is 0 Å². The van der Waals surface area contributed by atoms with E-state index in [1.54, 1.807) is 0 Å². The molecule has 0 bridgehead atoms. The second-order valence-electron chi connectivity index (χ2n) is 25.4. The molecule has 7 rings (SSSR count). The Hall–Kier alpha value is -8.22. The summed E-state index contributed by atoms with van der Waals surface area (Å²) < 4.78 is 37.6. The van der Waals surface area contributed by atoms with Crippen molar-refractivity contribution in [1.82, 2.24) is 0 Å². The van der Waals surface area contributed by atoms with Gasteiger partial charge in [-0.2, -0.15) is 0 Å². The maximum atomic E-state index is 6.27. The molecular weight excluding hydrogens is 1180 g/mol. The molecular formula is C90H114O6. The predicted molar refractivity (Wildman–Crippen MR) is 416 cm³/mol. The van der Waals surface area contributed by atoms with E-state index in [1.165, 1.54) is 116 Å². The Bertz CT molecular complexity index is 2790. The molecule has 0 atom stereocenters. The third kappa shape index (κ3) is 28.2. The number of hydrogen-bond acceptors (Lipinski definition) is 6. The monoisotopic (exact) mass is 1290 g/mol. The molecule has 0 heterocycles. The van der Waals surface area contributed by atoms with Crippen LogP contribution in [0.4, 0.5) is 0 Å². The standard InChI is InChI=1S/C90H114O6/c1-7-13-19-25-67-91-79-49-31-73(32-50-79)43-61-85-86(62-44-74-33-51-80(52-34-74)92-68-26-20-14-8-2)88(64-46-76-37-55-82(56-38-76)94-70-28-22-16-10-4)90(66-48-78-41-59-84(60-42-78)96-72-30-24-18-12-6)89(65-47-77-39-57-83(58-40-77)95-71-29-23-17-11-5)87(85)63-45-75-35-53-81(54-36-75)93-69-27-21-15-9-3/h31-66H,7-30,67-72H2,1-6H3/b61-43+,62-44+,63-45+,64-46+,65-47+,66-48+. The van der Waals surface area contributed by atoms with Crippen molar-refractivity contribution in [3.05, 3.63) is 212 Å². The molecule has 0 saturated carbocycles. The highest BCUT2D eigenvalue weighted by atomic mass is 16.5. The third-order valence-corrected chi connectivity index (χ3v) is 17.3. The topological polar surface area (TPSA) is 55.4 Å². The smallest absolute Gasteiger partial charge is 0.119 e. The van der Waals surface area contributed by atoms with Gasteiger partial charge in [0.15, 0.2) is 0 Å². The average Bonchev–Trinajstić information content (AvgIpc) is 0.771. The van der Waals surface area contributed by atoms with Gasteiger partial charge in [0.2, 0.25) is 0 Å². The minimum Gasteiger partial charge on any atom is -0.494 e. The van der Waals surface area contributed by atoms with Crippen LogP contribution in [-0.2, 0) is 0 Å². The highest BCUT2D eigenvalue weighted by Crippen LogP contribution is 2.38. The molecule has 0 saturated heterocycles. The second-order valence-corrected chi connectivity index (χ2v) is 25.4. The number of benzene rings is 7. The van der Waals surface area contributed by atoms with E-state index < -0.39 is 0 Å². The summed E-state index contributed by atoms with van der Waals surface area (Å²) in [5.74, 6) is 5.31. The van der Waals surface area contributed by atoms with Gasteiger partial charge in [0.1, 0.15) is 34.5 Å². The van der Waals surface area contributed by atoms with Crippen LogP contribution in [0.25, 0.3) is 72.9 Å². The molecule has 7 aromatic carbocycles. The molecule has 96 heavy (non-hydrogen) atoms. The van der Waals surface area contributed by atoms with E-state index in [0.717, 1.165) is 140 Å². The van der Waals surface area contributed by atoms with Gasteiger partial charge < -0.3 is 28.4 Å². The number of unbranched alkanes of at least 4 members (excludes halogenated alkanes) is 18. The zero-order chi connectivity index (χ0) is 67.3. The Morgan fingerprint density at radius 3 is 0.427 bits per heavy atom. The number of hydrogen-bond donors (Lipinski definition) is 0. The second kappa shape index (κ2) is 46.0. The lowest BCUT2D eigenvalue weighted by molar-refractivity contribution is 0.305. The van der Waals surface area contributed by atoms with E-state index in [2.05, 4.69) is 260 Å². The van der Waals surface area contributed by atoms with Crippen LogP contribution in [0.15, 0.2) is 146 Å². The van der Waals surface area contributed by atoms with Crippen LogP contribution in [0.5, 0.6) is 34.5 Å². The van der Waals surface area contributed by atoms with Crippen LogP contribution in [0.3, 0.4) is 0 Å². The van der Waals surface area contributed by atoms with Gasteiger partial charge in [-0.3, -0.25) is 0 Å². The van der Waals surface area contributed by atoms with Gasteiger partial charge in [-0.1, -0.05) is 303 Å². The van der Waals surface area contributed by atoms with Gasteiger partial charge in [-0.15, -0.1) is 0 Å². The Kier molecular flexibility index (Phi) is 36.0. The molecule has 510 valence electrons. The summed E-state index contributed by atoms with van der Waals surface area (Å²) in [5.41, 5.74) is 12.8. The van der Waals surface area contributed by atoms with Crippen molar-refractivity contribution >= 4 is 72.9 Å². The summed E-state index contributed by atoms with van der Waals surface area (Å²) in [5, 5.41) is 0. The van der Waals surface area contributed by atoms with Crippen molar-refractivity contribution in [2.75, 3.05) is 39.6 Å². The molecule has 0 aliphatic heterocycles. The summed E-state index contributed by atoms with van der Waals surface area (Å²) in [7, 11) is 0. The molecule has 0 fully saturated rings. The van der Waals surface area contributed by atoms with Gasteiger partial charge in [0.25, 0.3) is 0 Å². The maximum absolute atomic E-state index is 6.27. The summed E-state index contributed by atoms with van der Waals surface area (Å²) in [6.07, 6.45) is 55.3. The molecule has 6 nitrogen and oxygen atoms in total. The third-order valence-electron chi connectivity index (χ3n) is 17.3. The summed E-state index contributed by atoms with van der Waals surface area (Å²) in [6, 6.07) is 51.3. The van der Waals surface area contributed by atoms with Crippen molar-refractivity contribution in [1.29, 1.82) is 0 Å². The fourth-order valence-electron chi connectivity index (χ4n) is 11.4. The minimum absolute atomic E-state index is 0.713. The first-order chi connectivity index (χ1) is 47.4. The molecule has 0 aromatic heterocycles. The molecule has 0 spiro atoms. The first-order valence-corrected chi connectivity index (χ1v) is 37.1. The molecule has 6 heteroatoms. The van der Waals surface area contributed by atoms with Crippen LogP contribution < -0.4 is 28.4 Å². The highest BCUT2D eigenvalue weighted by Gasteiger charge is 2.18. The van der Waals surface area contributed by atoms with E-state index in [0.29, 0.717) is 39.6 Å². The van der Waals surface area contributed by atoms with Crippen molar-refractivity contribution < 1.29 is 28.4 Å². The normalized spacial score (nSPS) is 11.8. The van der Waals surface area contributed by atoms with Crippen molar-refractivity contribution in [2.45, 2.75) is 196 Å². The molecule has 0 aliphatic rings. The summed E-state index contributed by atoms with van der Waals surface area (Å²) in [6.45, 7) is 17.7. The number of rotatable bonds is 48. The van der Waals surface area contributed by atoms with E-state index in [4.69, 9.17) is 28.4 Å². The van der Waals surface area contributed by atoms with Crippen LogP contribution in [0.2, 0.25) is 0 Å². The maximum Gasteiger partial charge on any atom is 0.119 e. The van der Waals surface area contributed by atoms with Crippen molar-refractivity contribution in [2.24, 2.45) is 0 Å². The Morgan fingerprint density at radius 2 is 0.302 bits per heavy atom. The summed E-state index contributed by atoms with van der Waals surface area (Å²) in [4.78, 5) is 0. The van der Waals surface area contributed by atoms with Crippen molar-refractivity contribution in [3.8, 4) is 34.5 Å².